The third kappa shape index (κ3) is 6.04. The second-order valence-electron chi connectivity index (χ2n) is 7.54. The molecular weight excluding hydrogens is 402 g/mol. The average molecular weight is 432 g/mol. The molecule has 0 saturated carbocycles. The van der Waals surface area contributed by atoms with E-state index < -0.39 is 10.2 Å². The summed E-state index contributed by atoms with van der Waals surface area (Å²) in [6.07, 6.45) is 3.17. The number of ketones is 1. The molecule has 1 aliphatic rings. The van der Waals surface area contributed by atoms with Crippen LogP contribution >= 0.6 is 0 Å². The average Bonchev–Trinajstić information content (AvgIpc) is 2.74. The lowest BCUT2D eigenvalue weighted by atomic mass is 10.0. The van der Waals surface area contributed by atoms with E-state index in [-0.39, 0.29) is 12.3 Å². The minimum atomic E-state index is -3.48. The molecule has 0 aromatic heterocycles. The number of Topliss-reactive ketones (excluding diaryl/α,β-unsaturated/α-hetero) is 1. The van der Waals surface area contributed by atoms with Crippen LogP contribution in [0.5, 0.6) is 5.75 Å². The first kappa shape index (κ1) is 22.3. The van der Waals surface area contributed by atoms with Crippen molar-refractivity contribution in [3.63, 3.8) is 0 Å². The Hall–Kier alpha value is -2.42. The molecule has 0 atom stereocenters. The minimum absolute atomic E-state index is 0.0860. The molecular formula is C22H29N3O4S. The SMILES string of the molecule is COc1ccccc1CCN(C)CCCCC(=O)c1ccc2c(c1)CNS(=O)(=O)N2. The van der Waals surface area contributed by atoms with Crippen LogP contribution in [0.3, 0.4) is 0 Å². The molecule has 7 nitrogen and oxygen atoms in total. The summed E-state index contributed by atoms with van der Waals surface area (Å²) in [7, 11) is 0.305. The highest BCUT2D eigenvalue weighted by Crippen LogP contribution is 2.23. The van der Waals surface area contributed by atoms with E-state index in [1.54, 1.807) is 25.3 Å². The van der Waals surface area contributed by atoms with E-state index in [0.717, 1.165) is 43.7 Å². The maximum atomic E-state index is 12.5. The first-order valence-electron chi connectivity index (χ1n) is 10.1. The van der Waals surface area contributed by atoms with Gasteiger partial charge in [0.1, 0.15) is 5.75 Å². The van der Waals surface area contributed by atoms with Crippen LogP contribution in [0.25, 0.3) is 0 Å². The number of benzene rings is 2. The van der Waals surface area contributed by atoms with Gasteiger partial charge in [0.15, 0.2) is 5.78 Å². The fraction of sp³-hybridized carbons (Fsp3) is 0.409. The molecule has 0 aliphatic carbocycles. The molecule has 2 aromatic rings. The number of methoxy groups -OCH3 is 1. The molecule has 2 N–H and O–H groups in total. The Morgan fingerprint density at radius 2 is 1.93 bits per heavy atom. The molecule has 162 valence electrons. The highest BCUT2D eigenvalue weighted by molar-refractivity contribution is 7.90. The number of anilines is 1. The van der Waals surface area contributed by atoms with Crippen LogP contribution in [0.1, 0.15) is 40.7 Å². The first-order chi connectivity index (χ1) is 14.4. The number of para-hydroxylation sites is 1. The Kier molecular flexibility index (Phi) is 7.47. The number of nitrogens with one attached hydrogen (secondary N) is 2. The standard InChI is InChI=1S/C22H29N3O4S/c1-25(14-12-17-7-3-4-9-22(17)29-2)13-6-5-8-21(26)18-10-11-20-19(15-18)16-23-30(27,28)24-20/h3-4,7,9-11,15,23-24H,5-6,8,12-14,16H2,1-2H3. The third-order valence-corrected chi connectivity index (χ3v) is 6.29. The normalized spacial score (nSPS) is 14.8. The molecule has 0 unspecified atom stereocenters. The summed E-state index contributed by atoms with van der Waals surface area (Å²) in [5.74, 6) is 1.01. The van der Waals surface area contributed by atoms with Crippen molar-refractivity contribution in [1.82, 2.24) is 9.62 Å². The van der Waals surface area contributed by atoms with Gasteiger partial charge in [-0.25, -0.2) is 0 Å². The first-order valence-corrected chi connectivity index (χ1v) is 11.6. The van der Waals surface area contributed by atoms with Gasteiger partial charge in [0.25, 0.3) is 10.2 Å². The van der Waals surface area contributed by atoms with Crippen molar-refractivity contribution in [2.75, 3.05) is 32.0 Å². The van der Waals surface area contributed by atoms with Crippen LogP contribution < -0.4 is 14.2 Å². The van der Waals surface area contributed by atoms with Crippen LogP contribution in [0.4, 0.5) is 5.69 Å². The summed E-state index contributed by atoms with van der Waals surface area (Å²) in [4.78, 5) is 14.8. The van der Waals surface area contributed by atoms with Gasteiger partial charge >= 0.3 is 0 Å². The van der Waals surface area contributed by atoms with Gasteiger partial charge in [-0.15, -0.1) is 0 Å². The molecule has 0 spiro atoms. The maximum absolute atomic E-state index is 12.5. The third-order valence-electron chi connectivity index (χ3n) is 5.27. The zero-order chi connectivity index (χ0) is 21.6. The van der Waals surface area contributed by atoms with Crippen LogP contribution in [0.15, 0.2) is 42.5 Å². The van der Waals surface area contributed by atoms with Crippen LogP contribution in [-0.4, -0.2) is 46.3 Å². The van der Waals surface area contributed by atoms with E-state index in [0.29, 0.717) is 17.7 Å². The van der Waals surface area contributed by atoms with E-state index in [1.807, 2.05) is 18.2 Å². The number of carbonyl (C=O) groups is 1. The number of likely N-dealkylation sites (N-methyl/N-ethyl adjacent to an activating group) is 1. The Morgan fingerprint density at radius 1 is 1.13 bits per heavy atom. The number of hydrogen-bond acceptors (Lipinski definition) is 5. The minimum Gasteiger partial charge on any atom is -0.496 e. The highest BCUT2D eigenvalue weighted by atomic mass is 32.2. The molecule has 2 aromatic carbocycles. The highest BCUT2D eigenvalue weighted by Gasteiger charge is 2.20. The van der Waals surface area contributed by atoms with Crippen LogP contribution in [-0.2, 0) is 23.2 Å². The van der Waals surface area contributed by atoms with Crippen molar-refractivity contribution in [2.45, 2.75) is 32.2 Å². The summed E-state index contributed by atoms with van der Waals surface area (Å²) in [5.41, 5.74) is 3.14. The number of fused-ring (bicyclic) bond motifs is 1. The fourth-order valence-corrected chi connectivity index (χ4v) is 4.42. The van der Waals surface area contributed by atoms with Gasteiger partial charge in [-0.3, -0.25) is 9.52 Å². The predicted octanol–water partition coefficient (Wildman–Crippen LogP) is 2.98. The van der Waals surface area contributed by atoms with Gasteiger partial charge in [0.2, 0.25) is 0 Å². The van der Waals surface area contributed by atoms with Crippen molar-refractivity contribution in [3.8, 4) is 5.75 Å². The number of carbonyl (C=O) groups excluding carboxylic acids is 1. The van der Waals surface area contributed by atoms with Gasteiger partial charge in [-0.1, -0.05) is 18.2 Å². The largest absolute Gasteiger partial charge is 0.496 e. The van der Waals surface area contributed by atoms with Crippen LogP contribution in [0, 0.1) is 0 Å². The maximum Gasteiger partial charge on any atom is 0.299 e. The summed E-state index contributed by atoms with van der Waals surface area (Å²) < 4.78 is 33.3. The molecule has 0 fully saturated rings. The topological polar surface area (TPSA) is 87.7 Å². The number of hydrogen-bond donors (Lipinski definition) is 2. The quantitative estimate of drug-likeness (QED) is 0.446. The molecule has 1 aliphatic heterocycles. The van der Waals surface area contributed by atoms with Crippen molar-refractivity contribution in [1.29, 1.82) is 0 Å². The molecule has 3 rings (SSSR count). The smallest absolute Gasteiger partial charge is 0.299 e. The molecule has 30 heavy (non-hydrogen) atoms. The second-order valence-corrected chi connectivity index (χ2v) is 9.04. The fourth-order valence-electron chi connectivity index (χ4n) is 3.51. The molecule has 0 amide bonds. The Labute approximate surface area is 178 Å². The second kappa shape index (κ2) is 10.1. The number of rotatable bonds is 10. The Bertz CT molecular complexity index is 992. The zero-order valence-corrected chi connectivity index (χ0v) is 18.3. The molecule has 0 radical (unpaired) electrons. The van der Waals surface area contributed by atoms with Gasteiger partial charge in [-0.05, 0) is 68.2 Å². The lowest BCUT2D eigenvalue weighted by Gasteiger charge is -2.19. The molecule has 8 heteroatoms. The lowest BCUT2D eigenvalue weighted by molar-refractivity contribution is 0.0978. The summed E-state index contributed by atoms with van der Waals surface area (Å²) in [6.45, 7) is 2.06. The van der Waals surface area contributed by atoms with Crippen molar-refractivity contribution >= 4 is 21.7 Å². The summed E-state index contributed by atoms with van der Waals surface area (Å²) >= 11 is 0. The van der Waals surface area contributed by atoms with Gasteiger partial charge < -0.3 is 9.64 Å². The van der Waals surface area contributed by atoms with Crippen LogP contribution in [0.2, 0.25) is 0 Å². The number of ether oxygens (including phenoxy) is 1. The number of unbranched alkanes of at least 4 members (excludes halogenated alkanes) is 1. The molecule has 1 heterocycles. The van der Waals surface area contributed by atoms with E-state index in [2.05, 4.69) is 27.5 Å². The van der Waals surface area contributed by atoms with E-state index >= 15 is 0 Å². The van der Waals surface area contributed by atoms with E-state index in [1.165, 1.54) is 5.56 Å². The van der Waals surface area contributed by atoms with Gasteiger partial charge in [0.05, 0.1) is 12.8 Å². The Morgan fingerprint density at radius 3 is 2.73 bits per heavy atom. The van der Waals surface area contributed by atoms with Crippen molar-refractivity contribution in [3.05, 3.63) is 59.2 Å². The van der Waals surface area contributed by atoms with E-state index in [9.17, 15) is 13.2 Å². The van der Waals surface area contributed by atoms with Crippen molar-refractivity contribution in [2.24, 2.45) is 0 Å². The number of nitrogens with zero attached hydrogens (tertiary/aromatic N) is 1. The Balaban J connectivity index is 1.40. The monoisotopic (exact) mass is 431 g/mol. The zero-order valence-electron chi connectivity index (χ0n) is 17.5. The van der Waals surface area contributed by atoms with Gasteiger partial charge in [-0.2, -0.15) is 13.1 Å². The van der Waals surface area contributed by atoms with Gasteiger partial charge in [0, 0.05) is 25.1 Å². The summed E-state index contributed by atoms with van der Waals surface area (Å²) in [5, 5.41) is 0. The molecule has 0 saturated heterocycles. The van der Waals surface area contributed by atoms with Crippen molar-refractivity contribution < 1.29 is 17.9 Å². The molecule has 0 bridgehead atoms. The lowest BCUT2D eigenvalue weighted by Crippen LogP contribution is -2.34. The van der Waals surface area contributed by atoms with E-state index in [4.69, 9.17) is 4.74 Å². The predicted molar refractivity (Wildman–Crippen MR) is 118 cm³/mol. The summed E-state index contributed by atoms with van der Waals surface area (Å²) in [6, 6.07) is 13.2.